The number of carboxylic acid groups (broad SMARTS) is 1. The number of methoxy groups -OCH3 is 1. The third-order valence-electron chi connectivity index (χ3n) is 2.07. The Morgan fingerprint density at radius 2 is 2.20 bits per heavy atom. The number of aromatic hydroxyl groups is 1. The zero-order valence-electron chi connectivity index (χ0n) is 8.37. The van der Waals surface area contributed by atoms with Gasteiger partial charge in [0.25, 0.3) is 0 Å². The lowest BCUT2D eigenvalue weighted by molar-refractivity contribution is -0.136. The van der Waals surface area contributed by atoms with Crippen LogP contribution in [0.1, 0.15) is 11.1 Å². The van der Waals surface area contributed by atoms with Gasteiger partial charge in [-0.2, -0.15) is 0 Å². The van der Waals surface area contributed by atoms with E-state index >= 15 is 0 Å². The van der Waals surface area contributed by atoms with Crippen LogP contribution in [0.25, 0.3) is 0 Å². The van der Waals surface area contributed by atoms with Crippen molar-refractivity contribution in [2.45, 2.75) is 13.3 Å². The Kier molecular flexibility index (Phi) is 3.57. The Morgan fingerprint density at radius 3 is 2.67 bits per heavy atom. The fourth-order valence-electron chi connectivity index (χ4n) is 1.35. The molecule has 0 atom stereocenters. The molecule has 0 saturated heterocycles. The highest BCUT2D eigenvalue weighted by Crippen LogP contribution is 2.39. The van der Waals surface area contributed by atoms with Crippen molar-refractivity contribution >= 4 is 21.9 Å². The molecule has 0 saturated carbocycles. The largest absolute Gasteiger partial charge is 0.504 e. The maximum absolute atomic E-state index is 10.6. The Hall–Kier alpha value is -1.23. The first kappa shape index (κ1) is 11.8. The Morgan fingerprint density at radius 1 is 1.60 bits per heavy atom. The third kappa shape index (κ3) is 2.41. The molecule has 15 heavy (non-hydrogen) atoms. The van der Waals surface area contributed by atoms with E-state index in [4.69, 9.17) is 9.84 Å². The quantitative estimate of drug-likeness (QED) is 0.886. The number of hydrogen-bond donors (Lipinski definition) is 2. The second-order valence-electron chi connectivity index (χ2n) is 3.11. The van der Waals surface area contributed by atoms with Crippen LogP contribution in [-0.4, -0.2) is 23.3 Å². The fourth-order valence-corrected chi connectivity index (χ4v) is 2.04. The maximum atomic E-state index is 10.6. The summed E-state index contributed by atoms with van der Waals surface area (Å²) in [5, 5.41) is 18.5. The first-order chi connectivity index (χ1) is 6.97. The van der Waals surface area contributed by atoms with Gasteiger partial charge in [-0.3, -0.25) is 4.79 Å². The summed E-state index contributed by atoms with van der Waals surface area (Å²) in [5.41, 5.74) is 1.09. The van der Waals surface area contributed by atoms with Crippen LogP contribution in [0.4, 0.5) is 0 Å². The van der Waals surface area contributed by atoms with E-state index in [-0.39, 0.29) is 17.9 Å². The van der Waals surface area contributed by atoms with Crippen LogP contribution in [-0.2, 0) is 11.2 Å². The van der Waals surface area contributed by atoms with Crippen LogP contribution in [0, 0.1) is 6.92 Å². The predicted molar refractivity (Wildman–Crippen MR) is 58.4 cm³/mol. The lowest BCUT2D eigenvalue weighted by Crippen LogP contribution is -2.03. The number of rotatable bonds is 3. The molecule has 0 aromatic heterocycles. The van der Waals surface area contributed by atoms with Crippen molar-refractivity contribution in [2.24, 2.45) is 0 Å². The zero-order valence-corrected chi connectivity index (χ0v) is 9.96. The van der Waals surface area contributed by atoms with E-state index in [1.54, 1.807) is 13.0 Å². The minimum absolute atomic E-state index is 0.119. The first-order valence-corrected chi connectivity index (χ1v) is 5.03. The summed E-state index contributed by atoms with van der Waals surface area (Å²) >= 11 is 3.23. The molecule has 5 heteroatoms. The van der Waals surface area contributed by atoms with Gasteiger partial charge in [0, 0.05) is 5.56 Å². The van der Waals surface area contributed by atoms with Crippen molar-refractivity contribution in [3.05, 3.63) is 21.7 Å². The number of aryl methyl sites for hydroxylation is 1. The Balaban J connectivity index is 3.32. The fraction of sp³-hybridized carbons (Fsp3) is 0.300. The van der Waals surface area contributed by atoms with Crippen LogP contribution in [0.2, 0.25) is 0 Å². The summed E-state index contributed by atoms with van der Waals surface area (Å²) in [5.74, 6) is -0.846. The molecule has 1 rings (SSSR count). The molecule has 4 nitrogen and oxygen atoms in total. The SMILES string of the molecule is COc1c(Br)cc(C)c(CC(=O)O)c1O. The number of benzene rings is 1. The first-order valence-electron chi connectivity index (χ1n) is 4.24. The summed E-state index contributed by atoms with van der Waals surface area (Å²) < 4.78 is 5.57. The van der Waals surface area contributed by atoms with Crippen LogP contribution in [0.15, 0.2) is 10.5 Å². The van der Waals surface area contributed by atoms with E-state index in [2.05, 4.69) is 15.9 Å². The number of halogens is 1. The van der Waals surface area contributed by atoms with E-state index in [1.807, 2.05) is 0 Å². The molecule has 0 unspecified atom stereocenters. The molecule has 82 valence electrons. The molecule has 0 heterocycles. The number of phenolic OH excluding ortho intramolecular Hbond substituents is 1. The molecule has 0 spiro atoms. The molecule has 0 aliphatic carbocycles. The zero-order chi connectivity index (χ0) is 11.6. The number of carboxylic acids is 1. The number of carbonyl (C=O) groups is 1. The Labute approximate surface area is 95.6 Å². The van der Waals surface area contributed by atoms with Crippen molar-refractivity contribution in [1.82, 2.24) is 0 Å². The molecule has 0 amide bonds. The van der Waals surface area contributed by atoms with Crippen molar-refractivity contribution in [1.29, 1.82) is 0 Å². The van der Waals surface area contributed by atoms with Crippen molar-refractivity contribution in [3.8, 4) is 11.5 Å². The topological polar surface area (TPSA) is 66.8 Å². The van der Waals surface area contributed by atoms with E-state index in [9.17, 15) is 9.90 Å². The van der Waals surface area contributed by atoms with Crippen molar-refractivity contribution in [2.75, 3.05) is 7.11 Å². The summed E-state index contributed by atoms with van der Waals surface area (Å²) in [6.45, 7) is 1.74. The van der Waals surface area contributed by atoms with Gasteiger partial charge in [0.05, 0.1) is 18.0 Å². The second kappa shape index (κ2) is 4.53. The van der Waals surface area contributed by atoms with Crippen LogP contribution < -0.4 is 4.74 Å². The third-order valence-corrected chi connectivity index (χ3v) is 2.66. The highest BCUT2D eigenvalue weighted by molar-refractivity contribution is 9.10. The van der Waals surface area contributed by atoms with Gasteiger partial charge in [-0.15, -0.1) is 0 Å². The van der Waals surface area contributed by atoms with E-state index in [0.29, 0.717) is 15.6 Å². The van der Waals surface area contributed by atoms with Crippen LogP contribution >= 0.6 is 15.9 Å². The molecule has 0 radical (unpaired) electrons. The van der Waals surface area contributed by atoms with Crippen molar-refractivity contribution < 1.29 is 19.7 Å². The molecule has 2 N–H and O–H groups in total. The highest BCUT2D eigenvalue weighted by atomic mass is 79.9. The minimum atomic E-state index is -0.988. The monoisotopic (exact) mass is 274 g/mol. The smallest absolute Gasteiger partial charge is 0.307 e. The lowest BCUT2D eigenvalue weighted by Gasteiger charge is -2.12. The standard InChI is InChI=1S/C10H11BrO4/c1-5-3-7(11)10(15-2)9(14)6(5)4-8(12)13/h3,14H,4H2,1-2H3,(H,12,13). The van der Waals surface area contributed by atoms with Gasteiger partial charge in [-0.1, -0.05) is 0 Å². The molecule has 1 aromatic rings. The summed E-state index contributed by atoms with van der Waals surface area (Å²) in [7, 11) is 1.42. The average molecular weight is 275 g/mol. The van der Waals surface area contributed by atoms with Gasteiger partial charge in [0.15, 0.2) is 11.5 Å². The van der Waals surface area contributed by atoms with Gasteiger partial charge in [0.2, 0.25) is 0 Å². The normalized spacial score (nSPS) is 10.1. The number of phenols is 1. The summed E-state index contributed by atoms with van der Waals surface area (Å²) in [6, 6.07) is 1.72. The molecule has 0 fully saturated rings. The number of hydrogen-bond acceptors (Lipinski definition) is 3. The lowest BCUT2D eigenvalue weighted by atomic mass is 10.0. The van der Waals surface area contributed by atoms with E-state index in [1.165, 1.54) is 7.11 Å². The van der Waals surface area contributed by atoms with E-state index < -0.39 is 5.97 Å². The molecule has 0 aliphatic heterocycles. The number of aliphatic carboxylic acids is 1. The number of ether oxygens (including phenoxy) is 1. The molecule has 1 aromatic carbocycles. The van der Waals surface area contributed by atoms with Crippen LogP contribution in [0.5, 0.6) is 11.5 Å². The van der Waals surface area contributed by atoms with Gasteiger partial charge in [0.1, 0.15) is 0 Å². The highest BCUT2D eigenvalue weighted by Gasteiger charge is 2.16. The van der Waals surface area contributed by atoms with Gasteiger partial charge in [-0.25, -0.2) is 0 Å². The Bertz CT molecular complexity index is 401. The predicted octanol–water partition coefficient (Wildman–Crippen LogP) is 2.10. The molecular formula is C10H11BrO4. The maximum Gasteiger partial charge on any atom is 0.307 e. The van der Waals surface area contributed by atoms with Gasteiger partial charge < -0.3 is 14.9 Å². The molecule has 0 bridgehead atoms. The molecule has 0 aliphatic rings. The molecular weight excluding hydrogens is 264 g/mol. The van der Waals surface area contributed by atoms with Crippen LogP contribution in [0.3, 0.4) is 0 Å². The summed E-state index contributed by atoms with van der Waals surface area (Å²) in [6.07, 6.45) is -0.221. The van der Waals surface area contributed by atoms with E-state index in [0.717, 1.165) is 0 Å². The van der Waals surface area contributed by atoms with Gasteiger partial charge in [-0.05, 0) is 34.5 Å². The summed E-state index contributed by atoms with van der Waals surface area (Å²) in [4.78, 5) is 10.6. The second-order valence-corrected chi connectivity index (χ2v) is 3.96. The minimum Gasteiger partial charge on any atom is -0.504 e. The average Bonchev–Trinajstić information content (AvgIpc) is 2.12. The van der Waals surface area contributed by atoms with Gasteiger partial charge >= 0.3 is 5.97 Å². The van der Waals surface area contributed by atoms with Crippen molar-refractivity contribution in [3.63, 3.8) is 0 Å².